The van der Waals surface area contributed by atoms with E-state index >= 15 is 0 Å². The molecule has 1 aliphatic carbocycles. The van der Waals surface area contributed by atoms with Crippen molar-refractivity contribution in [2.75, 3.05) is 0 Å². The quantitative estimate of drug-likeness (QED) is 0.737. The molecular weight excluding hydrogens is 352 g/mol. The van der Waals surface area contributed by atoms with Crippen LogP contribution in [0.1, 0.15) is 41.9 Å². The molecule has 1 amide bonds. The van der Waals surface area contributed by atoms with Crippen molar-refractivity contribution in [3.8, 4) is 11.1 Å². The molecule has 4 rings (SSSR count). The second kappa shape index (κ2) is 6.44. The van der Waals surface area contributed by atoms with Crippen molar-refractivity contribution in [1.29, 1.82) is 0 Å². The van der Waals surface area contributed by atoms with Crippen molar-refractivity contribution in [2.45, 2.75) is 44.6 Å². The fraction of sp³-hybridized carbons (Fsp3) is 0.421. The largest absolute Gasteiger partial charge is 0.348 e. The van der Waals surface area contributed by atoms with Crippen LogP contribution < -0.4 is 5.32 Å². The van der Waals surface area contributed by atoms with Gasteiger partial charge in [-0.3, -0.25) is 14.6 Å². The van der Waals surface area contributed by atoms with Crippen LogP contribution >= 0.6 is 0 Å². The average Bonchev–Trinajstić information content (AvgIpc) is 3.18. The molecule has 2 aromatic heterocycles. The highest BCUT2D eigenvalue weighted by atomic mass is 19.3. The monoisotopic (exact) mass is 373 g/mol. The molecule has 1 saturated carbocycles. The summed E-state index contributed by atoms with van der Waals surface area (Å²) in [7, 11) is 1.86. The Kier molecular flexibility index (Phi) is 4.20. The second-order valence-corrected chi connectivity index (χ2v) is 7.24. The number of fused-ring (bicyclic) bond motifs is 1. The molecule has 0 bridgehead atoms. The Balaban J connectivity index is 1.59. The molecule has 0 radical (unpaired) electrons. The van der Waals surface area contributed by atoms with Crippen LogP contribution in [-0.2, 0) is 7.05 Å². The number of hydrogen-bond donors (Lipinski definition) is 2. The molecule has 0 aliphatic heterocycles. The maximum Gasteiger partial charge on any atom is 0.272 e. The SMILES string of the molecule is Cc1nn(C)cc1-c1ccc2[nH]nc(C(=O)NC3CCC(F)(F)CC3)c2c1. The number of aromatic amines is 1. The van der Waals surface area contributed by atoms with E-state index in [0.717, 1.165) is 22.3 Å². The number of aryl methyl sites for hydroxylation is 2. The number of carbonyl (C=O) groups excluding carboxylic acids is 1. The minimum atomic E-state index is -2.61. The van der Waals surface area contributed by atoms with Crippen molar-refractivity contribution in [1.82, 2.24) is 25.3 Å². The van der Waals surface area contributed by atoms with Crippen molar-refractivity contribution < 1.29 is 13.6 Å². The molecule has 27 heavy (non-hydrogen) atoms. The van der Waals surface area contributed by atoms with Crippen LogP contribution in [0.5, 0.6) is 0 Å². The Morgan fingerprint density at radius 2 is 2.07 bits per heavy atom. The number of benzene rings is 1. The van der Waals surface area contributed by atoms with Crippen LogP contribution in [0.15, 0.2) is 24.4 Å². The van der Waals surface area contributed by atoms with E-state index in [9.17, 15) is 13.6 Å². The molecule has 8 heteroatoms. The van der Waals surface area contributed by atoms with Gasteiger partial charge < -0.3 is 5.32 Å². The predicted molar refractivity (Wildman–Crippen MR) is 97.7 cm³/mol. The number of nitrogens with one attached hydrogen (secondary N) is 2. The minimum absolute atomic E-state index is 0.191. The van der Waals surface area contributed by atoms with Crippen molar-refractivity contribution >= 4 is 16.8 Å². The third-order valence-electron chi connectivity index (χ3n) is 5.15. The smallest absolute Gasteiger partial charge is 0.272 e. The second-order valence-electron chi connectivity index (χ2n) is 7.24. The van der Waals surface area contributed by atoms with Crippen LogP contribution in [0, 0.1) is 6.92 Å². The number of rotatable bonds is 3. The van der Waals surface area contributed by atoms with Gasteiger partial charge in [0.15, 0.2) is 5.69 Å². The van der Waals surface area contributed by atoms with Crippen LogP contribution in [-0.4, -0.2) is 37.8 Å². The van der Waals surface area contributed by atoms with Gasteiger partial charge in [0, 0.05) is 43.1 Å². The lowest BCUT2D eigenvalue weighted by Crippen LogP contribution is -2.40. The van der Waals surface area contributed by atoms with Crippen molar-refractivity contribution in [3.05, 3.63) is 35.8 Å². The summed E-state index contributed by atoms with van der Waals surface area (Å²) in [5.41, 5.74) is 3.86. The van der Waals surface area contributed by atoms with E-state index in [1.54, 1.807) is 4.68 Å². The zero-order valence-corrected chi connectivity index (χ0v) is 15.2. The molecule has 142 valence electrons. The van der Waals surface area contributed by atoms with Gasteiger partial charge in [-0.15, -0.1) is 0 Å². The first-order valence-corrected chi connectivity index (χ1v) is 9.00. The van der Waals surface area contributed by atoms with Crippen molar-refractivity contribution in [3.63, 3.8) is 0 Å². The summed E-state index contributed by atoms with van der Waals surface area (Å²) in [5, 5.41) is 14.9. The molecule has 2 heterocycles. The highest BCUT2D eigenvalue weighted by molar-refractivity contribution is 6.05. The molecule has 0 unspecified atom stereocenters. The van der Waals surface area contributed by atoms with Gasteiger partial charge in [-0.05, 0) is 37.5 Å². The third-order valence-corrected chi connectivity index (χ3v) is 5.15. The number of hydrogen-bond acceptors (Lipinski definition) is 3. The van der Waals surface area contributed by atoms with E-state index in [0.29, 0.717) is 5.39 Å². The zero-order valence-electron chi connectivity index (χ0n) is 15.2. The van der Waals surface area contributed by atoms with E-state index < -0.39 is 5.92 Å². The number of amides is 1. The standard InChI is InChI=1S/C19H21F2N5O/c1-11-15(10-26(2)25-11)12-3-4-16-14(9-12)17(24-23-16)18(27)22-13-5-7-19(20,21)8-6-13/h3-4,9-10,13H,5-8H2,1-2H3,(H,22,27)(H,23,24). The number of halogens is 2. The minimum Gasteiger partial charge on any atom is -0.348 e. The first-order valence-electron chi connectivity index (χ1n) is 9.00. The summed E-state index contributed by atoms with van der Waals surface area (Å²) in [6, 6.07) is 5.50. The van der Waals surface area contributed by atoms with E-state index in [1.807, 2.05) is 38.4 Å². The maximum absolute atomic E-state index is 13.3. The predicted octanol–water partition coefficient (Wildman–Crippen LogP) is 3.58. The van der Waals surface area contributed by atoms with Gasteiger partial charge in [-0.1, -0.05) is 6.07 Å². The van der Waals surface area contributed by atoms with Crippen LogP contribution in [0.3, 0.4) is 0 Å². The summed E-state index contributed by atoms with van der Waals surface area (Å²) in [5.74, 6) is -2.95. The fourth-order valence-electron chi connectivity index (χ4n) is 3.68. The normalized spacial score (nSPS) is 17.3. The molecule has 1 fully saturated rings. The summed E-state index contributed by atoms with van der Waals surface area (Å²) in [4.78, 5) is 12.7. The number of carbonyl (C=O) groups is 1. The van der Waals surface area contributed by atoms with Gasteiger partial charge in [-0.25, -0.2) is 8.78 Å². The summed E-state index contributed by atoms with van der Waals surface area (Å²) in [6.07, 6.45) is 2.11. The Bertz CT molecular complexity index is 997. The topological polar surface area (TPSA) is 75.6 Å². The van der Waals surface area contributed by atoms with Gasteiger partial charge in [0.2, 0.25) is 5.92 Å². The number of aromatic nitrogens is 4. The van der Waals surface area contributed by atoms with E-state index in [2.05, 4.69) is 20.6 Å². The summed E-state index contributed by atoms with van der Waals surface area (Å²) in [6.45, 7) is 1.93. The molecule has 0 saturated heterocycles. The van der Waals surface area contributed by atoms with Gasteiger partial charge in [0.25, 0.3) is 5.91 Å². The molecule has 1 aromatic carbocycles. The van der Waals surface area contributed by atoms with Crippen molar-refractivity contribution in [2.24, 2.45) is 7.05 Å². The Morgan fingerprint density at radius 1 is 1.33 bits per heavy atom. The lowest BCUT2D eigenvalue weighted by molar-refractivity contribution is -0.0399. The van der Waals surface area contributed by atoms with Gasteiger partial charge >= 0.3 is 0 Å². The Labute approximate surface area is 154 Å². The lowest BCUT2D eigenvalue weighted by Gasteiger charge is -2.28. The Morgan fingerprint density at radius 3 is 2.74 bits per heavy atom. The van der Waals surface area contributed by atoms with E-state index in [4.69, 9.17) is 0 Å². The molecule has 3 aromatic rings. The summed E-state index contributed by atoms with van der Waals surface area (Å²) < 4.78 is 28.3. The number of H-pyrrole nitrogens is 1. The van der Waals surface area contributed by atoms with Crippen LogP contribution in [0.25, 0.3) is 22.0 Å². The van der Waals surface area contributed by atoms with Crippen LogP contribution in [0.4, 0.5) is 8.78 Å². The Hall–Kier alpha value is -2.77. The van der Waals surface area contributed by atoms with E-state index in [-0.39, 0.29) is 43.3 Å². The van der Waals surface area contributed by atoms with Gasteiger partial charge in [0.1, 0.15) is 0 Å². The molecule has 6 nitrogen and oxygen atoms in total. The molecular formula is C19H21F2N5O. The number of alkyl halides is 2. The molecule has 2 N–H and O–H groups in total. The van der Waals surface area contributed by atoms with Gasteiger partial charge in [0.05, 0.1) is 11.2 Å². The van der Waals surface area contributed by atoms with Crippen LogP contribution in [0.2, 0.25) is 0 Å². The first-order chi connectivity index (χ1) is 12.8. The number of nitrogens with zero attached hydrogens (tertiary/aromatic N) is 3. The fourth-order valence-corrected chi connectivity index (χ4v) is 3.68. The lowest BCUT2D eigenvalue weighted by atomic mass is 9.92. The zero-order chi connectivity index (χ0) is 19.2. The van der Waals surface area contributed by atoms with E-state index in [1.165, 1.54) is 0 Å². The van der Waals surface area contributed by atoms with Gasteiger partial charge in [-0.2, -0.15) is 10.2 Å². The average molecular weight is 373 g/mol. The molecule has 0 atom stereocenters. The molecule has 1 aliphatic rings. The molecule has 0 spiro atoms. The highest BCUT2D eigenvalue weighted by Crippen LogP contribution is 2.33. The summed E-state index contributed by atoms with van der Waals surface area (Å²) >= 11 is 0. The third kappa shape index (κ3) is 3.43. The highest BCUT2D eigenvalue weighted by Gasteiger charge is 2.35. The maximum atomic E-state index is 13.3. The first kappa shape index (κ1) is 17.6.